The van der Waals surface area contributed by atoms with Gasteiger partial charge in [-0.05, 0) is 36.6 Å². The molecule has 3 aromatic carbocycles. The fourth-order valence-corrected chi connectivity index (χ4v) is 4.58. The first-order valence-corrected chi connectivity index (χ1v) is 10.1. The molecular formula is C23H18Cl2NO3+. The third-order valence-electron chi connectivity index (χ3n) is 5.48. The van der Waals surface area contributed by atoms with Gasteiger partial charge in [0.2, 0.25) is 6.73 Å². The van der Waals surface area contributed by atoms with Gasteiger partial charge >= 0.3 is 5.63 Å². The fourth-order valence-electron chi connectivity index (χ4n) is 4.10. The summed E-state index contributed by atoms with van der Waals surface area (Å²) in [6.07, 6.45) is 0. The van der Waals surface area contributed by atoms with E-state index in [0.29, 0.717) is 27.7 Å². The molecular weight excluding hydrogens is 409 g/mol. The Morgan fingerprint density at radius 3 is 2.62 bits per heavy atom. The van der Waals surface area contributed by atoms with E-state index in [9.17, 15) is 4.79 Å². The number of halogens is 2. The van der Waals surface area contributed by atoms with Crippen LogP contribution < -0.4 is 15.3 Å². The van der Waals surface area contributed by atoms with Gasteiger partial charge in [-0.2, -0.15) is 0 Å². The second kappa shape index (κ2) is 7.06. The summed E-state index contributed by atoms with van der Waals surface area (Å²) in [4.78, 5) is 13.6. The molecule has 4 aromatic rings. The molecule has 0 fully saturated rings. The van der Waals surface area contributed by atoms with Crippen LogP contribution in [0.1, 0.15) is 16.7 Å². The highest BCUT2D eigenvalue weighted by Crippen LogP contribution is 2.35. The first kappa shape index (κ1) is 18.5. The molecule has 0 radical (unpaired) electrons. The molecule has 1 aliphatic rings. The van der Waals surface area contributed by atoms with Crippen molar-refractivity contribution < 1.29 is 14.1 Å². The summed E-state index contributed by atoms with van der Waals surface area (Å²) in [7, 11) is 0. The maximum absolute atomic E-state index is 12.4. The molecule has 4 nitrogen and oxygen atoms in total. The second-order valence-corrected chi connectivity index (χ2v) is 8.27. The molecule has 0 amide bonds. The van der Waals surface area contributed by atoms with Crippen molar-refractivity contribution in [1.82, 2.24) is 0 Å². The second-order valence-electron chi connectivity index (χ2n) is 7.43. The molecule has 5 rings (SSSR count). The average molecular weight is 427 g/mol. The maximum Gasteiger partial charge on any atom is 0.344 e. The van der Waals surface area contributed by atoms with Crippen LogP contribution in [0.2, 0.25) is 10.0 Å². The van der Waals surface area contributed by atoms with Crippen molar-refractivity contribution in [1.29, 1.82) is 0 Å². The van der Waals surface area contributed by atoms with Crippen LogP contribution in [-0.2, 0) is 13.1 Å². The lowest BCUT2D eigenvalue weighted by atomic mass is 10.00. The summed E-state index contributed by atoms with van der Waals surface area (Å²) in [5.41, 5.74) is 3.27. The van der Waals surface area contributed by atoms with Crippen molar-refractivity contribution in [2.45, 2.75) is 20.0 Å². The van der Waals surface area contributed by atoms with Crippen LogP contribution in [0, 0.1) is 6.92 Å². The molecule has 1 N–H and O–H groups in total. The Hall–Kier alpha value is -2.53. The van der Waals surface area contributed by atoms with Crippen LogP contribution in [0.5, 0.6) is 5.75 Å². The Bertz CT molecular complexity index is 1330. The van der Waals surface area contributed by atoms with Crippen LogP contribution in [0.4, 0.5) is 0 Å². The Morgan fingerprint density at radius 2 is 1.83 bits per heavy atom. The van der Waals surface area contributed by atoms with Gasteiger partial charge in [-0.3, -0.25) is 4.90 Å². The van der Waals surface area contributed by atoms with Crippen molar-refractivity contribution in [2.75, 3.05) is 6.73 Å². The smallest absolute Gasteiger partial charge is 0.344 e. The first-order chi connectivity index (χ1) is 14.0. The number of rotatable bonds is 2. The number of aryl methyl sites for hydroxylation is 1. The third kappa shape index (κ3) is 3.18. The minimum atomic E-state index is -0.323. The van der Waals surface area contributed by atoms with Gasteiger partial charge in [-0.1, -0.05) is 47.5 Å². The van der Waals surface area contributed by atoms with Gasteiger partial charge < -0.3 is 9.15 Å². The zero-order chi connectivity index (χ0) is 20.1. The Morgan fingerprint density at radius 1 is 1.03 bits per heavy atom. The van der Waals surface area contributed by atoms with E-state index in [4.69, 9.17) is 32.4 Å². The number of benzene rings is 3. The lowest BCUT2D eigenvalue weighted by molar-refractivity contribution is -0.945. The molecule has 1 aliphatic heterocycles. The Labute approximate surface area is 177 Å². The molecule has 0 saturated carbocycles. The minimum Gasteiger partial charge on any atom is -0.444 e. The molecule has 6 heteroatoms. The van der Waals surface area contributed by atoms with Crippen LogP contribution in [-0.4, -0.2) is 6.73 Å². The van der Waals surface area contributed by atoms with Gasteiger partial charge in [0.1, 0.15) is 24.4 Å². The number of ether oxygens (including phenoxy) is 1. The van der Waals surface area contributed by atoms with Gasteiger partial charge in [0.15, 0.2) is 0 Å². The highest BCUT2D eigenvalue weighted by Gasteiger charge is 2.26. The van der Waals surface area contributed by atoms with Crippen molar-refractivity contribution >= 4 is 44.9 Å². The van der Waals surface area contributed by atoms with Crippen molar-refractivity contribution in [2.24, 2.45) is 0 Å². The summed E-state index contributed by atoms with van der Waals surface area (Å²) in [5, 5.41) is 3.72. The van der Waals surface area contributed by atoms with E-state index in [1.807, 2.05) is 37.3 Å². The van der Waals surface area contributed by atoms with E-state index in [1.54, 1.807) is 12.1 Å². The van der Waals surface area contributed by atoms with E-state index in [1.165, 1.54) is 4.90 Å². The number of quaternary nitrogens is 1. The number of hydrogen-bond donors (Lipinski definition) is 1. The summed E-state index contributed by atoms with van der Waals surface area (Å²) >= 11 is 12.4. The van der Waals surface area contributed by atoms with Crippen molar-refractivity contribution in [3.05, 3.63) is 85.7 Å². The summed E-state index contributed by atoms with van der Waals surface area (Å²) in [6, 6.07) is 15.2. The number of nitrogens with one attached hydrogen (secondary N) is 1. The standard InChI is InChI=1S/C23H17Cl2NO3/c1-13-21-15(8-19-17-4-2-3-5-18(17)23(27)29-22(13)19)11-26(12-28-21)10-14-6-7-16(24)9-20(14)25/h2-9H,10-12H2,1H3/p+1. The zero-order valence-corrected chi connectivity index (χ0v) is 17.2. The van der Waals surface area contributed by atoms with Gasteiger partial charge in [-0.15, -0.1) is 0 Å². The van der Waals surface area contributed by atoms with Gasteiger partial charge in [0.05, 0.1) is 10.4 Å². The molecule has 1 unspecified atom stereocenters. The highest BCUT2D eigenvalue weighted by atomic mass is 35.5. The lowest BCUT2D eigenvalue weighted by Gasteiger charge is -2.28. The number of fused-ring (bicyclic) bond motifs is 4. The fraction of sp³-hybridized carbons (Fsp3) is 0.174. The molecule has 146 valence electrons. The highest BCUT2D eigenvalue weighted by molar-refractivity contribution is 6.35. The van der Waals surface area contributed by atoms with Crippen LogP contribution in [0.15, 0.2) is 57.7 Å². The van der Waals surface area contributed by atoms with E-state index in [-0.39, 0.29) is 5.63 Å². The quantitative estimate of drug-likeness (QED) is 0.379. The Kier molecular flexibility index (Phi) is 4.50. The number of hydrogen-bond acceptors (Lipinski definition) is 3. The minimum absolute atomic E-state index is 0.323. The van der Waals surface area contributed by atoms with E-state index in [2.05, 4.69) is 6.07 Å². The van der Waals surface area contributed by atoms with Gasteiger partial charge in [0.25, 0.3) is 0 Å². The lowest BCUT2D eigenvalue weighted by Crippen LogP contribution is -3.10. The summed E-state index contributed by atoms with van der Waals surface area (Å²) in [5.74, 6) is 0.807. The van der Waals surface area contributed by atoms with E-state index in [0.717, 1.165) is 46.3 Å². The van der Waals surface area contributed by atoms with Crippen molar-refractivity contribution in [3.63, 3.8) is 0 Å². The zero-order valence-electron chi connectivity index (χ0n) is 15.7. The molecule has 29 heavy (non-hydrogen) atoms. The maximum atomic E-state index is 12.4. The summed E-state index contributed by atoms with van der Waals surface area (Å²) in [6.45, 7) is 3.98. The largest absolute Gasteiger partial charge is 0.444 e. The van der Waals surface area contributed by atoms with E-state index >= 15 is 0 Å². The van der Waals surface area contributed by atoms with Gasteiger partial charge in [-0.25, -0.2) is 4.79 Å². The monoisotopic (exact) mass is 426 g/mol. The molecule has 2 heterocycles. The molecule has 1 atom stereocenters. The van der Waals surface area contributed by atoms with E-state index < -0.39 is 0 Å². The Balaban J connectivity index is 1.58. The molecule has 0 bridgehead atoms. The predicted molar refractivity (Wildman–Crippen MR) is 115 cm³/mol. The van der Waals surface area contributed by atoms with Crippen LogP contribution in [0.3, 0.4) is 0 Å². The van der Waals surface area contributed by atoms with Crippen LogP contribution >= 0.6 is 23.2 Å². The molecule has 1 aromatic heterocycles. The normalized spacial score (nSPS) is 16.0. The average Bonchev–Trinajstić information content (AvgIpc) is 2.71. The van der Waals surface area contributed by atoms with Crippen LogP contribution in [0.25, 0.3) is 21.7 Å². The molecule has 0 spiro atoms. The predicted octanol–water partition coefficient (Wildman–Crippen LogP) is 4.50. The SMILES string of the molecule is Cc1c2c(cc3c1oc(=O)c1ccccc13)C[NH+](Cc1ccc(Cl)cc1Cl)CO2. The third-order valence-corrected chi connectivity index (χ3v) is 6.07. The topological polar surface area (TPSA) is 43.9 Å². The first-order valence-electron chi connectivity index (χ1n) is 9.39. The molecule has 0 aliphatic carbocycles. The molecule has 0 saturated heterocycles. The van der Waals surface area contributed by atoms with Gasteiger partial charge in [0, 0.05) is 27.1 Å². The van der Waals surface area contributed by atoms with Crippen molar-refractivity contribution in [3.8, 4) is 5.75 Å². The summed E-state index contributed by atoms with van der Waals surface area (Å²) < 4.78 is 11.7.